The van der Waals surface area contributed by atoms with Gasteiger partial charge in [0.2, 0.25) is 11.3 Å². The number of para-hydroxylation sites is 1. The second-order valence-electron chi connectivity index (χ2n) is 4.30. The van der Waals surface area contributed by atoms with Crippen LogP contribution < -0.4 is 11.2 Å². The van der Waals surface area contributed by atoms with Gasteiger partial charge in [0.05, 0.1) is 5.69 Å². The summed E-state index contributed by atoms with van der Waals surface area (Å²) in [6.45, 7) is 0. The normalized spacial score (nSPS) is 11.2. The molecule has 3 heterocycles. The van der Waals surface area contributed by atoms with Gasteiger partial charge in [0.15, 0.2) is 11.2 Å². The standard InChI is InChI=1S/C12H7N7O2/c20-11-7-8(15-12(21)16-11)14-10-9(13-7)17-19(18-10)6-4-2-1-3-5-6/h1-5H,(H2,14,15,16,18,20,21). The van der Waals surface area contributed by atoms with E-state index < -0.39 is 11.2 Å². The maximum Gasteiger partial charge on any atom is 0.327 e. The Bertz CT molecular complexity index is 1080. The highest BCUT2D eigenvalue weighted by Crippen LogP contribution is 2.10. The van der Waals surface area contributed by atoms with Crippen molar-refractivity contribution in [3.05, 3.63) is 51.2 Å². The van der Waals surface area contributed by atoms with E-state index in [-0.39, 0.29) is 22.5 Å². The molecule has 21 heavy (non-hydrogen) atoms. The molecule has 0 bridgehead atoms. The van der Waals surface area contributed by atoms with Gasteiger partial charge in [-0.15, -0.1) is 15.0 Å². The number of H-pyrrole nitrogens is 2. The predicted octanol–water partition coefficient (Wildman–Crippen LogP) is -0.260. The average Bonchev–Trinajstić information content (AvgIpc) is 2.89. The van der Waals surface area contributed by atoms with Crippen LogP contribution in [0.4, 0.5) is 0 Å². The summed E-state index contributed by atoms with van der Waals surface area (Å²) in [6, 6.07) is 9.23. The molecule has 3 aromatic heterocycles. The van der Waals surface area contributed by atoms with E-state index in [1.54, 1.807) is 0 Å². The minimum Gasteiger partial charge on any atom is -0.290 e. The molecule has 0 radical (unpaired) electrons. The van der Waals surface area contributed by atoms with Gasteiger partial charge in [0.25, 0.3) is 5.56 Å². The smallest absolute Gasteiger partial charge is 0.290 e. The first-order valence-electron chi connectivity index (χ1n) is 6.03. The van der Waals surface area contributed by atoms with Gasteiger partial charge in [0, 0.05) is 0 Å². The Kier molecular flexibility index (Phi) is 2.22. The molecule has 4 rings (SSSR count). The van der Waals surface area contributed by atoms with Gasteiger partial charge in [0.1, 0.15) is 0 Å². The number of fused-ring (bicyclic) bond motifs is 2. The number of aromatic amines is 2. The van der Waals surface area contributed by atoms with Crippen molar-refractivity contribution in [1.82, 2.24) is 34.9 Å². The Hall–Kier alpha value is -3.36. The van der Waals surface area contributed by atoms with Gasteiger partial charge < -0.3 is 0 Å². The fraction of sp³-hybridized carbons (Fsp3) is 0. The van der Waals surface area contributed by atoms with Crippen molar-refractivity contribution in [1.29, 1.82) is 0 Å². The first-order valence-corrected chi connectivity index (χ1v) is 6.03. The van der Waals surface area contributed by atoms with Crippen LogP contribution in [0.1, 0.15) is 0 Å². The third kappa shape index (κ3) is 1.79. The number of hydrogen-bond acceptors (Lipinski definition) is 6. The molecule has 0 saturated carbocycles. The van der Waals surface area contributed by atoms with Crippen LogP contribution in [0.15, 0.2) is 39.9 Å². The molecular formula is C12H7N7O2. The Labute approximate surface area is 115 Å². The molecule has 0 aliphatic carbocycles. The Balaban J connectivity index is 2.04. The molecule has 4 aromatic rings. The monoisotopic (exact) mass is 281 g/mol. The number of rotatable bonds is 1. The van der Waals surface area contributed by atoms with Crippen LogP contribution in [0.25, 0.3) is 28.1 Å². The topological polar surface area (TPSA) is 122 Å². The van der Waals surface area contributed by atoms with E-state index in [9.17, 15) is 9.59 Å². The van der Waals surface area contributed by atoms with Crippen molar-refractivity contribution in [2.24, 2.45) is 0 Å². The fourth-order valence-electron chi connectivity index (χ4n) is 1.98. The summed E-state index contributed by atoms with van der Waals surface area (Å²) < 4.78 is 0. The van der Waals surface area contributed by atoms with Crippen LogP contribution in [0.2, 0.25) is 0 Å². The van der Waals surface area contributed by atoms with Crippen LogP contribution in [0, 0.1) is 0 Å². The summed E-state index contributed by atoms with van der Waals surface area (Å²) in [6.07, 6.45) is 0. The lowest BCUT2D eigenvalue weighted by Crippen LogP contribution is -2.23. The van der Waals surface area contributed by atoms with Crippen molar-refractivity contribution in [3.63, 3.8) is 0 Å². The molecule has 0 atom stereocenters. The van der Waals surface area contributed by atoms with Crippen LogP contribution in [-0.2, 0) is 0 Å². The van der Waals surface area contributed by atoms with E-state index in [1.165, 1.54) is 4.80 Å². The van der Waals surface area contributed by atoms with E-state index in [4.69, 9.17) is 0 Å². The lowest BCUT2D eigenvalue weighted by atomic mass is 10.3. The summed E-state index contributed by atoms with van der Waals surface area (Å²) in [5, 5.41) is 8.37. The van der Waals surface area contributed by atoms with Crippen molar-refractivity contribution in [2.45, 2.75) is 0 Å². The average molecular weight is 281 g/mol. The molecule has 9 heteroatoms. The molecule has 0 fully saturated rings. The van der Waals surface area contributed by atoms with Crippen molar-refractivity contribution in [3.8, 4) is 5.69 Å². The van der Waals surface area contributed by atoms with Crippen LogP contribution in [0.3, 0.4) is 0 Å². The van der Waals surface area contributed by atoms with Gasteiger partial charge >= 0.3 is 5.69 Å². The zero-order valence-electron chi connectivity index (χ0n) is 10.4. The molecule has 0 saturated heterocycles. The van der Waals surface area contributed by atoms with E-state index in [0.29, 0.717) is 0 Å². The van der Waals surface area contributed by atoms with Crippen molar-refractivity contribution >= 4 is 22.5 Å². The molecule has 0 aliphatic rings. The number of hydrogen-bond donors (Lipinski definition) is 2. The van der Waals surface area contributed by atoms with Gasteiger partial charge in [-0.1, -0.05) is 18.2 Å². The van der Waals surface area contributed by atoms with E-state index >= 15 is 0 Å². The lowest BCUT2D eigenvalue weighted by Gasteiger charge is -1.95. The van der Waals surface area contributed by atoms with Crippen LogP contribution in [0.5, 0.6) is 0 Å². The summed E-state index contributed by atoms with van der Waals surface area (Å²) in [7, 11) is 0. The zero-order valence-corrected chi connectivity index (χ0v) is 10.4. The maximum atomic E-state index is 11.7. The van der Waals surface area contributed by atoms with Gasteiger partial charge in [-0.25, -0.2) is 14.8 Å². The Morgan fingerprint density at radius 2 is 1.62 bits per heavy atom. The fourth-order valence-corrected chi connectivity index (χ4v) is 1.98. The molecule has 0 amide bonds. The maximum absolute atomic E-state index is 11.7. The molecule has 9 nitrogen and oxygen atoms in total. The lowest BCUT2D eigenvalue weighted by molar-refractivity contribution is 0.761. The largest absolute Gasteiger partial charge is 0.327 e. The van der Waals surface area contributed by atoms with Gasteiger partial charge in [-0.2, -0.15) is 0 Å². The second-order valence-corrected chi connectivity index (χ2v) is 4.30. The quantitative estimate of drug-likeness (QED) is 0.495. The minimum atomic E-state index is -0.642. The highest BCUT2D eigenvalue weighted by molar-refractivity contribution is 5.78. The van der Waals surface area contributed by atoms with Crippen LogP contribution in [-0.4, -0.2) is 34.9 Å². The summed E-state index contributed by atoms with van der Waals surface area (Å²) in [4.78, 5) is 37.0. The van der Waals surface area contributed by atoms with E-state index in [1.807, 2.05) is 30.3 Å². The van der Waals surface area contributed by atoms with E-state index in [2.05, 4.69) is 30.1 Å². The third-order valence-electron chi connectivity index (χ3n) is 2.90. The molecular weight excluding hydrogens is 274 g/mol. The van der Waals surface area contributed by atoms with E-state index in [0.717, 1.165) is 5.69 Å². The molecule has 0 spiro atoms. The molecule has 1 aromatic carbocycles. The van der Waals surface area contributed by atoms with Crippen LogP contribution >= 0.6 is 0 Å². The first kappa shape index (κ1) is 11.5. The highest BCUT2D eigenvalue weighted by atomic mass is 16.2. The second kappa shape index (κ2) is 4.07. The number of benzene rings is 1. The first-order chi connectivity index (χ1) is 10.2. The van der Waals surface area contributed by atoms with Gasteiger partial charge in [-0.3, -0.25) is 14.8 Å². The zero-order chi connectivity index (χ0) is 14.4. The van der Waals surface area contributed by atoms with Gasteiger partial charge in [-0.05, 0) is 12.1 Å². The van der Waals surface area contributed by atoms with Crippen molar-refractivity contribution in [2.75, 3.05) is 0 Å². The summed E-state index contributed by atoms with van der Waals surface area (Å²) in [5.74, 6) is 0. The molecule has 102 valence electrons. The number of nitrogens with one attached hydrogen (secondary N) is 2. The minimum absolute atomic E-state index is 0.0159. The molecule has 0 aliphatic heterocycles. The summed E-state index contributed by atoms with van der Waals surface area (Å²) in [5.41, 5.74) is 0.0489. The third-order valence-corrected chi connectivity index (χ3v) is 2.90. The summed E-state index contributed by atoms with van der Waals surface area (Å²) >= 11 is 0. The SMILES string of the molecule is O=c1[nH]c(=O)c2nc3nn(-c4ccccc4)nc3nc2[nH]1. The molecule has 0 unspecified atom stereocenters. The Morgan fingerprint density at radius 1 is 0.905 bits per heavy atom. The predicted molar refractivity (Wildman–Crippen MR) is 73.2 cm³/mol. The Morgan fingerprint density at radius 3 is 2.38 bits per heavy atom. The highest BCUT2D eigenvalue weighted by Gasteiger charge is 2.11. The number of nitrogens with zero attached hydrogens (tertiary/aromatic N) is 5. The molecule has 2 N–H and O–H groups in total. The van der Waals surface area contributed by atoms with Crippen molar-refractivity contribution < 1.29 is 0 Å². The number of aromatic nitrogens is 7.